The maximum atomic E-state index is 12.9. The molecule has 0 aromatic heterocycles. The lowest BCUT2D eigenvalue weighted by Gasteiger charge is -2.35. The molecule has 8 heteroatoms. The molecule has 0 N–H and O–H groups in total. The van der Waals surface area contributed by atoms with E-state index >= 15 is 0 Å². The van der Waals surface area contributed by atoms with Crippen LogP contribution in [-0.4, -0.2) is 75.6 Å². The average Bonchev–Trinajstić information content (AvgIpc) is 2.75. The van der Waals surface area contributed by atoms with Crippen molar-refractivity contribution in [3.8, 4) is 0 Å². The monoisotopic (exact) mass is 426 g/mol. The smallest absolute Gasteiger partial charge is 0.251 e. The van der Waals surface area contributed by atoms with E-state index in [2.05, 4.69) is 13.8 Å². The maximum absolute atomic E-state index is 12.9. The second-order valence-electron chi connectivity index (χ2n) is 7.32. The number of sulfonamides is 1. The van der Waals surface area contributed by atoms with Crippen molar-refractivity contribution in [2.75, 3.05) is 46.0 Å². The minimum atomic E-state index is -3.55. The van der Waals surface area contributed by atoms with Crippen LogP contribution in [0, 0.1) is 0 Å². The number of carbonyl (C=O) groups excluding carboxylic acids is 1. The van der Waals surface area contributed by atoms with Crippen molar-refractivity contribution in [3.05, 3.63) is 29.8 Å². The van der Waals surface area contributed by atoms with Gasteiger partial charge in [-0.25, -0.2) is 8.42 Å². The number of ether oxygens (including phenoxy) is 2. The van der Waals surface area contributed by atoms with Crippen LogP contribution >= 0.6 is 0 Å². The van der Waals surface area contributed by atoms with Gasteiger partial charge in [-0.1, -0.05) is 26.0 Å². The van der Waals surface area contributed by atoms with Gasteiger partial charge >= 0.3 is 0 Å². The summed E-state index contributed by atoms with van der Waals surface area (Å²) in [5.41, 5.74) is 1.14. The van der Waals surface area contributed by atoms with Crippen LogP contribution in [0.15, 0.2) is 29.2 Å². The Kier molecular flexibility index (Phi) is 9.07. The Balaban J connectivity index is 1.91. The van der Waals surface area contributed by atoms with E-state index in [1.165, 1.54) is 4.31 Å². The summed E-state index contributed by atoms with van der Waals surface area (Å²) in [5.74, 6) is 0.288. The van der Waals surface area contributed by atoms with E-state index < -0.39 is 16.1 Å². The number of carbonyl (C=O) groups is 1. The van der Waals surface area contributed by atoms with Gasteiger partial charge in [-0.3, -0.25) is 4.79 Å². The van der Waals surface area contributed by atoms with E-state index in [4.69, 9.17) is 9.47 Å². The zero-order valence-corrected chi connectivity index (χ0v) is 18.8. The lowest BCUT2D eigenvalue weighted by molar-refractivity contribution is -0.144. The highest BCUT2D eigenvalue weighted by Crippen LogP contribution is 2.23. The van der Waals surface area contributed by atoms with Gasteiger partial charge in [0.25, 0.3) is 5.91 Å². The second-order valence-corrected chi connectivity index (χ2v) is 9.26. The standard InChI is InChI=1S/C21H34N2O5S/c1-5-17(3)19-7-9-20(10-8-19)29(25,26)23-13-11-22(12-14-23)21(24)18(4)28-16-15-27-6-2/h7-10,17-18H,5-6,11-16H2,1-4H3. The van der Waals surface area contributed by atoms with Gasteiger partial charge in [-0.05, 0) is 43.9 Å². The fraction of sp³-hybridized carbons (Fsp3) is 0.667. The number of benzene rings is 1. The molecule has 0 aliphatic carbocycles. The van der Waals surface area contributed by atoms with Crippen LogP contribution in [0.1, 0.15) is 45.6 Å². The van der Waals surface area contributed by atoms with Crippen LogP contribution in [0.5, 0.6) is 0 Å². The molecule has 1 aliphatic heterocycles. The van der Waals surface area contributed by atoms with E-state index in [1.807, 2.05) is 19.1 Å². The Labute approximate surface area is 175 Å². The summed E-state index contributed by atoms with van der Waals surface area (Å²) < 4.78 is 38.0. The maximum Gasteiger partial charge on any atom is 0.251 e. The second kappa shape index (κ2) is 11.1. The van der Waals surface area contributed by atoms with Crippen molar-refractivity contribution in [1.82, 2.24) is 9.21 Å². The Morgan fingerprint density at radius 3 is 2.21 bits per heavy atom. The first-order chi connectivity index (χ1) is 13.8. The molecule has 2 rings (SSSR count). The Morgan fingerprint density at radius 2 is 1.66 bits per heavy atom. The number of nitrogens with zero attached hydrogens (tertiary/aromatic N) is 2. The number of rotatable bonds is 10. The highest BCUT2D eigenvalue weighted by molar-refractivity contribution is 7.89. The molecular weight excluding hydrogens is 392 g/mol. The Morgan fingerprint density at radius 1 is 1.03 bits per heavy atom. The summed E-state index contributed by atoms with van der Waals surface area (Å²) >= 11 is 0. The lowest BCUT2D eigenvalue weighted by Crippen LogP contribution is -2.52. The molecule has 29 heavy (non-hydrogen) atoms. The summed E-state index contributed by atoms with van der Waals surface area (Å²) in [6.45, 7) is 10.6. The Bertz CT molecular complexity index is 743. The highest BCUT2D eigenvalue weighted by atomic mass is 32.2. The molecule has 1 aliphatic rings. The number of amides is 1. The van der Waals surface area contributed by atoms with E-state index in [0.29, 0.717) is 43.7 Å². The van der Waals surface area contributed by atoms with E-state index in [-0.39, 0.29) is 19.0 Å². The van der Waals surface area contributed by atoms with Crippen LogP contribution < -0.4 is 0 Å². The molecule has 1 aromatic carbocycles. The summed E-state index contributed by atoms with van der Waals surface area (Å²) in [6, 6.07) is 7.15. The van der Waals surface area contributed by atoms with Crippen molar-refractivity contribution in [1.29, 1.82) is 0 Å². The normalized spacial score (nSPS) is 17.9. The first-order valence-electron chi connectivity index (χ1n) is 10.4. The molecule has 1 amide bonds. The van der Waals surface area contributed by atoms with Crippen LogP contribution in [0.3, 0.4) is 0 Å². The van der Waals surface area contributed by atoms with E-state index in [0.717, 1.165) is 12.0 Å². The first-order valence-corrected chi connectivity index (χ1v) is 11.8. The zero-order valence-electron chi connectivity index (χ0n) is 18.0. The minimum absolute atomic E-state index is 0.114. The van der Waals surface area contributed by atoms with Crippen LogP contribution in [0.25, 0.3) is 0 Å². The van der Waals surface area contributed by atoms with Crippen molar-refractivity contribution < 1.29 is 22.7 Å². The Hall–Kier alpha value is -1.48. The van der Waals surface area contributed by atoms with Gasteiger partial charge in [-0.15, -0.1) is 0 Å². The van der Waals surface area contributed by atoms with Gasteiger partial charge in [-0.2, -0.15) is 4.31 Å². The SMILES string of the molecule is CCOCCOC(C)C(=O)N1CCN(S(=O)(=O)c2ccc(C(C)CC)cc2)CC1. The summed E-state index contributed by atoms with van der Waals surface area (Å²) in [7, 11) is -3.55. The fourth-order valence-electron chi connectivity index (χ4n) is 3.26. The van der Waals surface area contributed by atoms with Crippen LogP contribution in [0.2, 0.25) is 0 Å². The highest BCUT2D eigenvalue weighted by Gasteiger charge is 2.31. The van der Waals surface area contributed by atoms with Crippen molar-refractivity contribution in [2.24, 2.45) is 0 Å². The van der Waals surface area contributed by atoms with E-state index in [1.54, 1.807) is 24.0 Å². The largest absolute Gasteiger partial charge is 0.379 e. The molecule has 0 spiro atoms. The predicted octanol–water partition coefficient (Wildman–Crippen LogP) is 2.47. The van der Waals surface area contributed by atoms with Gasteiger partial charge in [0, 0.05) is 32.8 Å². The molecule has 0 radical (unpaired) electrons. The molecule has 1 heterocycles. The molecule has 7 nitrogen and oxygen atoms in total. The minimum Gasteiger partial charge on any atom is -0.379 e. The topological polar surface area (TPSA) is 76.2 Å². The summed E-state index contributed by atoms with van der Waals surface area (Å²) in [4.78, 5) is 14.5. The predicted molar refractivity (Wildman–Crippen MR) is 112 cm³/mol. The molecule has 1 fully saturated rings. The molecule has 1 aromatic rings. The zero-order chi connectivity index (χ0) is 21.4. The molecule has 164 valence electrons. The molecule has 2 unspecified atom stereocenters. The third-order valence-electron chi connectivity index (χ3n) is 5.40. The number of piperazine rings is 1. The number of hydrogen-bond acceptors (Lipinski definition) is 5. The number of hydrogen-bond donors (Lipinski definition) is 0. The summed E-state index contributed by atoms with van der Waals surface area (Å²) in [5, 5.41) is 0. The fourth-order valence-corrected chi connectivity index (χ4v) is 4.68. The lowest BCUT2D eigenvalue weighted by atomic mass is 9.99. The summed E-state index contributed by atoms with van der Waals surface area (Å²) in [6.07, 6.45) is 0.447. The molecule has 0 bridgehead atoms. The van der Waals surface area contributed by atoms with Crippen LogP contribution in [0.4, 0.5) is 0 Å². The van der Waals surface area contributed by atoms with E-state index in [9.17, 15) is 13.2 Å². The van der Waals surface area contributed by atoms with Gasteiger partial charge in [0.05, 0.1) is 18.1 Å². The molecule has 1 saturated heterocycles. The van der Waals surface area contributed by atoms with Gasteiger partial charge in [0.1, 0.15) is 6.10 Å². The van der Waals surface area contributed by atoms with Crippen molar-refractivity contribution in [2.45, 2.75) is 51.0 Å². The van der Waals surface area contributed by atoms with Crippen LogP contribution in [-0.2, 0) is 24.3 Å². The molecular formula is C21H34N2O5S. The van der Waals surface area contributed by atoms with Crippen molar-refractivity contribution in [3.63, 3.8) is 0 Å². The molecule has 2 atom stereocenters. The quantitative estimate of drug-likeness (QED) is 0.537. The third kappa shape index (κ3) is 6.25. The third-order valence-corrected chi connectivity index (χ3v) is 7.31. The van der Waals surface area contributed by atoms with Gasteiger partial charge < -0.3 is 14.4 Å². The molecule has 0 saturated carbocycles. The van der Waals surface area contributed by atoms with Gasteiger partial charge in [0.15, 0.2) is 0 Å². The van der Waals surface area contributed by atoms with Crippen molar-refractivity contribution >= 4 is 15.9 Å². The first kappa shape index (κ1) is 23.8. The van der Waals surface area contributed by atoms with Gasteiger partial charge in [0.2, 0.25) is 10.0 Å². The average molecular weight is 427 g/mol.